The maximum atomic E-state index is 13.0. The molecule has 0 saturated carbocycles. The van der Waals surface area contributed by atoms with Crippen LogP contribution in [0, 0.1) is 0 Å². The second kappa shape index (κ2) is 5.65. The number of carbonyl (C=O) groups excluding carboxylic acids is 1. The highest BCUT2D eigenvalue weighted by Crippen LogP contribution is 2.39. The third-order valence-corrected chi connectivity index (χ3v) is 4.34. The van der Waals surface area contributed by atoms with Crippen LogP contribution < -0.4 is 0 Å². The van der Waals surface area contributed by atoms with Crippen molar-refractivity contribution in [3.05, 3.63) is 57.3 Å². The van der Waals surface area contributed by atoms with E-state index in [4.69, 9.17) is 11.6 Å². The van der Waals surface area contributed by atoms with Gasteiger partial charge in [0.1, 0.15) is 10.4 Å². The van der Waals surface area contributed by atoms with Gasteiger partial charge in [-0.2, -0.15) is 13.2 Å². The molecule has 0 N–H and O–H groups in total. The van der Waals surface area contributed by atoms with Crippen molar-refractivity contribution in [1.82, 2.24) is 9.38 Å². The van der Waals surface area contributed by atoms with Gasteiger partial charge in [-0.05, 0) is 40.2 Å². The number of imidazole rings is 1. The van der Waals surface area contributed by atoms with Crippen molar-refractivity contribution >= 4 is 39.3 Å². The van der Waals surface area contributed by atoms with Crippen LogP contribution in [-0.4, -0.2) is 15.7 Å². The smallest absolute Gasteiger partial charge is 0.299 e. The van der Waals surface area contributed by atoms with Crippen LogP contribution in [0.3, 0.4) is 0 Å². The molecule has 0 radical (unpaired) electrons. The Kier molecular flexibility index (Phi) is 3.93. The number of rotatable bonds is 2. The minimum Gasteiger partial charge on any atom is -0.299 e. The van der Waals surface area contributed by atoms with E-state index in [-0.39, 0.29) is 16.9 Å². The average Bonchev–Trinajstić information content (AvgIpc) is 2.83. The normalized spacial score (nSPS) is 11.9. The highest BCUT2D eigenvalue weighted by Gasteiger charge is 2.35. The Hall–Kier alpha value is -1.86. The molecular weight excluding hydrogens is 397 g/mol. The summed E-state index contributed by atoms with van der Waals surface area (Å²) >= 11 is 9.36. The summed E-state index contributed by atoms with van der Waals surface area (Å²) in [4.78, 5) is 15.4. The van der Waals surface area contributed by atoms with Crippen LogP contribution in [0.2, 0.25) is 5.02 Å². The fraction of sp³-hybridized carbons (Fsp3) is 0.0667. The van der Waals surface area contributed by atoms with E-state index in [0.717, 1.165) is 11.6 Å². The van der Waals surface area contributed by atoms with Gasteiger partial charge in [-0.3, -0.25) is 9.20 Å². The zero-order chi connectivity index (χ0) is 16.8. The first-order chi connectivity index (χ1) is 10.8. The van der Waals surface area contributed by atoms with Crippen molar-refractivity contribution in [3.63, 3.8) is 0 Å². The Bertz CT molecular complexity index is 921. The fourth-order valence-electron chi connectivity index (χ4n) is 2.32. The summed E-state index contributed by atoms with van der Waals surface area (Å²) in [6.07, 6.45) is -2.84. The Labute approximate surface area is 141 Å². The summed E-state index contributed by atoms with van der Waals surface area (Å²) in [5.74, 6) is 0.342. The van der Waals surface area contributed by atoms with Crippen LogP contribution in [0.1, 0.15) is 15.9 Å². The first-order valence-corrected chi connectivity index (χ1v) is 7.49. The Morgan fingerprint density at radius 2 is 1.96 bits per heavy atom. The minimum atomic E-state index is -4.66. The van der Waals surface area contributed by atoms with Crippen molar-refractivity contribution in [1.29, 1.82) is 0 Å². The number of hydrogen-bond donors (Lipinski definition) is 0. The quantitative estimate of drug-likeness (QED) is 0.548. The van der Waals surface area contributed by atoms with Gasteiger partial charge in [-0.1, -0.05) is 17.7 Å². The number of aldehydes is 1. The lowest BCUT2D eigenvalue weighted by Gasteiger charge is -2.13. The fourth-order valence-corrected chi connectivity index (χ4v) is 3.10. The average molecular weight is 404 g/mol. The van der Waals surface area contributed by atoms with Crippen LogP contribution in [0.4, 0.5) is 13.2 Å². The lowest BCUT2D eigenvalue weighted by molar-refractivity contribution is -0.137. The SMILES string of the molecule is O=Cc1c(C(F)(F)F)ccc(-c2nc(Br)c3ccccn23)c1Cl. The van der Waals surface area contributed by atoms with E-state index < -0.39 is 17.3 Å². The van der Waals surface area contributed by atoms with E-state index in [9.17, 15) is 18.0 Å². The Morgan fingerprint density at radius 1 is 1.22 bits per heavy atom. The van der Waals surface area contributed by atoms with E-state index in [1.54, 1.807) is 28.8 Å². The number of aromatic nitrogens is 2. The molecule has 2 aromatic heterocycles. The van der Waals surface area contributed by atoms with Gasteiger partial charge >= 0.3 is 6.18 Å². The van der Waals surface area contributed by atoms with Crippen LogP contribution in [0.15, 0.2) is 41.1 Å². The number of halogens is 5. The van der Waals surface area contributed by atoms with Crippen molar-refractivity contribution in [2.24, 2.45) is 0 Å². The van der Waals surface area contributed by atoms with Gasteiger partial charge in [-0.15, -0.1) is 0 Å². The lowest BCUT2D eigenvalue weighted by Crippen LogP contribution is -2.10. The van der Waals surface area contributed by atoms with Gasteiger partial charge in [-0.25, -0.2) is 4.98 Å². The molecule has 0 amide bonds. The van der Waals surface area contributed by atoms with Crippen molar-refractivity contribution in [2.75, 3.05) is 0 Å². The molecule has 3 nitrogen and oxygen atoms in total. The van der Waals surface area contributed by atoms with Gasteiger partial charge < -0.3 is 0 Å². The zero-order valence-electron chi connectivity index (χ0n) is 11.2. The summed E-state index contributed by atoms with van der Waals surface area (Å²) in [5.41, 5.74) is -0.693. The number of benzene rings is 1. The minimum absolute atomic E-state index is 0.111. The number of nitrogens with zero attached hydrogens (tertiary/aromatic N) is 2. The molecule has 0 atom stereocenters. The molecule has 0 bridgehead atoms. The molecule has 1 aromatic carbocycles. The zero-order valence-corrected chi connectivity index (χ0v) is 13.6. The molecule has 8 heteroatoms. The topological polar surface area (TPSA) is 34.4 Å². The first kappa shape index (κ1) is 16.0. The predicted octanol–water partition coefficient (Wildman–Crippen LogP) is 5.25. The van der Waals surface area contributed by atoms with Crippen LogP contribution in [0.5, 0.6) is 0 Å². The first-order valence-electron chi connectivity index (χ1n) is 6.32. The molecule has 23 heavy (non-hydrogen) atoms. The van der Waals surface area contributed by atoms with Crippen LogP contribution in [0.25, 0.3) is 16.9 Å². The molecule has 3 rings (SSSR count). The van der Waals surface area contributed by atoms with Crippen molar-refractivity contribution in [2.45, 2.75) is 6.18 Å². The van der Waals surface area contributed by atoms with E-state index in [1.807, 2.05) is 0 Å². The van der Waals surface area contributed by atoms with Crippen molar-refractivity contribution in [3.8, 4) is 11.4 Å². The molecule has 2 heterocycles. The van der Waals surface area contributed by atoms with Gasteiger partial charge in [0.2, 0.25) is 0 Å². The van der Waals surface area contributed by atoms with E-state index in [1.165, 1.54) is 6.07 Å². The van der Waals surface area contributed by atoms with Gasteiger partial charge in [0.15, 0.2) is 6.29 Å². The van der Waals surface area contributed by atoms with Gasteiger partial charge in [0.05, 0.1) is 16.1 Å². The standard InChI is InChI=1S/C15H7BrClF3N2O/c16-13-11-3-1-2-6-22(11)14(21-13)8-4-5-10(15(18,19)20)9(7-23)12(8)17/h1-7H. The van der Waals surface area contributed by atoms with E-state index >= 15 is 0 Å². The summed E-state index contributed by atoms with van der Waals surface area (Å²) in [6.45, 7) is 0. The number of hydrogen-bond acceptors (Lipinski definition) is 2. The largest absolute Gasteiger partial charge is 0.417 e. The Balaban J connectivity index is 2.31. The third kappa shape index (κ3) is 2.64. The maximum Gasteiger partial charge on any atom is 0.417 e. The van der Waals surface area contributed by atoms with Crippen molar-refractivity contribution < 1.29 is 18.0 Å². The summed E-state index contributed by atoms with van der Waals surface area (Å²) < 4.78 is 41.1. The number of fused-ring (bicyclic) bond motifs is 1. The molecule has 0 aliphatic heterocycles. The molecule has 0 fully saturated rings. The molecule has 0 unspecified atom stereocenters. The number of alkyl halides is 3. The second-order valence-corrected chi connectivity index (χ2v) is 5.82. The lowest BCUT2D eigenvalue weighted by atomic mass is 10.0. The van der Waals surface area contributed by atoms with Gasteiger partial charge in [0, 0.05) is 17.3 Å². The highest BCUT2D eigenvalue weighted by molar-refractivity contribution is 9.10. The third-order valence-electron chi connectivity index (χ3n) is 3.35. The maximum absolute atomic E-state index is 13.0. The second-order valence-electron chi connectivity index (χ2n) is 4.69. The molecule has 118 valence electrons. The summed E-state index contributed by atoms with van der Waals surface area (Å²) in [7, 11) is 0. The molecule has 3 aromatic rings. The summed E-state index contributed by atoms with van der Waals surface area (Å²) in [6, 6.07) is 7.40. The molecule has 0 aliphatic carbocycles. The van der Waals surface area contributed by atoms with Crippen LogP contribution in [-0.2, 0) is 6.18 Å². The summed E-state index contributed by atoms with van der Waals surface area (Å²) in [5, 5.41) is -0.280. The van der Waals surface area contributed by atoms with Crippen LogP contribution >= 0.6 is 27.5 Å². The van der Waals surface area contributed by atoms with Gasteiger partial charge in [0.25, 0.3) is 0 Å². The highest BCUT2D eigenvalue weighted by atomic mass is 79.9. The number of carbonyl (C=O) groups is 1. The predicted molar refractivity (Wildman–Crippen MR) is 83.7 cm³/mol. The molecule has 0 aliphatic rings. The monoisotopic (exact) mass is 402 g/mol. The molecular formula is C15H7BrClF3N2O. The molecule has 0 spiro atoms. The molecule has 0 saturated heterocycles. The number of pyridine rings is 1. The van der Waals surface area contributed by atoms with E-state index in [0.29, 0.717) is 10.4 Å². The Morgan fingerprint density at radius 3 is 2.61 bits per heavy atom. The van der Waals surface area contributed by atoms with E-state index in [2.05, 4.69) is 20.9 Å².